The Morgan fingerprint density at radius 1 is 1.17 bits per heavy atom. The molecule has 1 saturated heterocycles. The quantitative estimate of drug-likeness (QED) is 0.910. The lowest BCUT2D eigenvalue weighted by atomic mass is 9.85. The van der Waals surface area contributed by atoms with Gasteiger partial charge < -0.3 is 10.0 Å². The molecule has 1 aromatic rings. The van der Waals surface area contributed by atoms with Crippen LogP contribution in [-0.4, -0.2) is 53.0 Å². The fourth-order valence-electron chi connectivity index (χ4n) is 2.95. The van der Waals surface area contributed by atoms with E-state index in [1.165, 1.54) is 6.92 Å². The van der Waals surface area contributed by atoms with Crippen molar-refractivity contribution >= 4 is 11.9 Å². The molecule has 0 radical (unpaired) electrons. The number of carbonyl (C=O) groups excluding carboxylic acids is 1. The van der Waals surface area contributed by atoms with Crippen molar-refractivity contribution in [3.63, 3.8) is 0 Å². The van der Waals surface area contributed by atoms with E-state index in [1.54, 1.807) is 17.0 Å². The Morgan fingerprint density at radius 3 is 2.12 bits per heavy atom. The first kappa shape index (κ1) is 18.0. The number of aliphatic carboxylic acids is 1. The maximum atomic E-state index is 11.8. The van der Waals surface area contributed by atoms with Gasteiger partial charge in [0, 0.05) is 33.1 Å². The zero-order valence-electron chi connectivity index (χ0n) is 14.3. The molecule has 0 spiro atoms. The molecule has 1 amide bonds. The summed E-state index contributed by atoms with van der Waals surface area (Å²) in [5.41, 5.74) is 0.945. The van der Waals surface area contributed by atoms with Crippen molar-refractivity contribution in [1.82, 2.24) is 9.80 Å². The second-order valence-electron chi connectivity index (χ2n) is 6.64. The van der Waals surface area contributed by atoms with Gasteiger partial charge in [-0.2, -0.15) is 5.26 Å². The molecule has 1 atom stereocenters. The molecule has 1 aliphatic heterocycles. The molecule has 1 fully saturated rings. The number of rotatable bonds is 4. The van der Waals surface area contributed by atoms with E-state index < -0.39 is 17.4 Å². The van der Waals surface area contributed by atoms with E-state index in [0.29, 0.717) is 31.7 Å². The largest absolute Gasteiger partial charge is 0.480 e. The number of benzene rings is 1. The summed E-state index contributed by atoms with van der Waals surface area (Å²) in [5.74, 6) is -0.886. The van der Waals surface area contributed by atoms with Gasteiger partial charge in [-0.1, -0.05) is 24.3 Å². The second kappa shape index (κ2) is 7.02. The number of hydrogen-bond acceptors (Lipinski definition) is 4. The van der Waals surface area contributed by atoms with E-state index >= 15 is 0 Å². The number of carboxylic acids is 1. The summed E-state index contributed by atoms with van der Waals surface area (Å²) < 4.78 is 0. The van der Waals surface area contributed by atoms with Gasteiger partial charge in [-0.15, -0.1) is 0 Å². The minimum absolute atomic E-state index is 0.0182. The summed E-state index contributed by atoms with van der Waals surface area (Å²) in [6.07, 6.45) is 0. The van der Waals surface area contributed by atoms with Crippen LogP contribution in [0.1, 0.15) is 37.9 Å². The molecule has 2 rings (SSSR count). The average molecular weight is 329 g/mol. The van der Waals surface area contributed by atoms with E-state index in [9.17, 15) is 20.0 Å². The molecule has 24 heavy (non-hydrogen) atoms. The molecule has 1 aromatic carbocycles. The number of hydrogen-bond donors (Lipinski definition) is 1. The first-order valence-corrected chi connectivity index (χ1v) is 8.00. The molecule has 0 saturated carbocycles. The molecule has 0 unspecified atom stereocenters. The van der Waals surface area contributed by atoms with E-state index in [2.05, 4.69) is 6.07 Å². The molecular weight excluding hydrogens is 306 g/mol. The lowest BCUT2D eigenvalue weighted by Crippen LogP contribution is -2.50. The van der Waals surface area contributed by atoms with Crippen LogP contribution >= 0.6 is 0 Å². The highest BCUT2D eigenvalue weighted by atomic mass is 16.4. The molecule has 6 nitrogen and oxygen atoms in total. The fourth-order valence-corrected chi connectivity index (χ4v) is 2.95. The highest BCUT2D eigenvalue weighted by molar-refractivity contribution is 5.76. The standard InChI is InChI=1S/C18H23N3O3/c1-13(22)20-8-10-21(11-9-20)16(17(23)24)14-4-6-15(7-5-14)18(2,3)12-19/h4-7,16H,8-11H2,1-3H3,(H,23,24)/t16-/m0/s1. The molecule has 1 heterocycles. The van der Waals surface area contributed by atoms with Crippen LogP contribution in [0.25, 0.3) is 0 Å². The normalized spacial score (nSPS) is 17.2. The topological polar surface area (TPSA) is 84.6 Å². The van der Waals surface area contributed by atoms with Crippen molar-refractivity contribution in [3.8, 4) is 6.07 Å². The minimum atomic E-state index is -0.904. The lowest BCUT2D eigenvalue weighted by molar-refractivity contribution is -0.145. The molecule has 0 aliphatic carbocycles. The minimum Gasteiger partial charge on any atom is -0.480 e. The Labute approximate surface area is 142 Å². The summed E-state index contributed by atoms with van der Waals surface area (Å²) in [6, 6.07) is 8.71. The molecule has 0 aromatic heterocycles. The first-order valence-electron chi connectivity index (χ1n) is 8.00. The maximum Gasteiger partial charge on any atom is 0.325 e. The van der Waals surface area contributed by atoms with Gasteiger partial charge in [0.15, 0.2) is 0 Å². The van der Waals surface area contributed by atoms with Crippen LogP contribution in [0.4, 0.5) is 0 Å². The summed E-state index contributed by atoms with van der Waals surface area (Å²) in [4.78, 5) is 26.8. The average Bonchev–Trinajstić information content (AvgIpc) is 2.55. The highest BCUT2D eigenvalue weighted by Crippen LogP contribution is 2.27. The number of nitriles is 1. The third-order valence-electron chi connectivity index (χ3n) is 4.59. The van der Waals surface area contributed by atoms with Crippen LogP contribution < -0.4 is 0 Å². The van der Waals surface area contributed by atoms with Gasteiger partial charge >= 0.3 is 5.97 Å². The van der Waals surface area contributed by atoms with Gasteiger partial charge in [0.2, 0.25) is 5.91 Å². The van der Waals surface area contributed by atoms with E-state index in [0.717, 1.165) is 5.56 Å². The van der Waals surface area contributed by atoms with Gasteiger partial charge in [-0.25, -0.2) is 0 Å². The zero-order chi connectivity index (χ0) is 17.9. The SMILES string of the molecule is CC(=O)N1CCN([C@H](C(=O)O)c2ccc(C(C)(C)C#N)cc2)CC1. The summed E-state index contributed by atoms with van der Waals surface area (Å²) in [6.45, 7) is 7.33. The van der Waals surface area contributed by atoms with Gasteiger partial charge in [-0.3, -0.25) is 14.5 Å². The van der Waals surface area contributed by atoms with Crippen LogP contribution in [-0.2, 0) is 15.0 Å². The number of nitrogens with zero attached hydrogens (tertiary/aromatic N) is 3. The number of piperazine rings is 1. The van der Waals surface area contributed by atoms with E-state index in [4.69, 9.17) is 0 Å². The van der Waals surface area contributed by atoms with Gasteiger partial charge in [-0.05, 0) is 25.0 Å². The van der Waals surface area contributed by atoms with Crippen molar-refractivity contribution in [2.24, 2.45) is 0 Å². The Bertz CT molecular complexity index is 653. The second-order valence-corrected chi connectivity index (χ2v) is 6.64. The number of amides is 1. The maximum absolute atomic E-state index is 11.8. The molecule has 6 heteroatoms. The van der Waals surface area contributed by atoms with Crippen LogP contribution in [0.2, 0.25) is 0 Å². The molecule has 128 valence electrons. The smallest absolute Gasteiger partial charge is 0.325 e. The molecular formula is C18H23N3O3. The van der Waals surface area contributed by atoms with Crippen LogP contribution in [0.15, 0.2) is 24.3 Å². The molecule has 0 bridgehead atoms. The highest BCUT2D eigenvalue weighted by Gasteiger charge is 2.31. The van der Waals surface area contributed by atoms with Crippen molar-refractivity contribution in [2.75, 3.05) is 26.2 Å². The third kappa shape index (κ3) is 3.74. The van der Waals surface area contributed by atoms with Crippen LogP contribution in [0, 0.1) is 11.3 Å². The summed E-state index contributed by atoms with van der Waals surface area (Å²) in [7, 11) is 0. The van der Waals surface area contributed by atoms with E-state index in [1.807, 2.05) is 30.9 Å². The van der Waals surface area contributed by atoms with Crippen LogP contribution in [0.3, 0.4) is 0 Å². The predicted molar refractivity (Wildman–Crippen MR) is 89.3 cm³/mol. The summed E-state index contributed by atoms with van der Waals surface area (Å²) in [5, 5.41) is 18.9. The van der Waals surface area contributed by atoms with Crippen LogP contribution in [0.5, 0.6) is 0 Å². The number of carbonyl (C=O) groups is 2. The van der Waals surface area contributed by atoms with Crippen molar-refractivity contribution in [3.05, 3.63) is 35.4 Å². The summed E-state index contributed by atoms with van der Waals surface area (Å²) >= 11 is 0. The Hall–Kier alpha value is -2.39. The molecule has 1 N–H and O–H groups in total. The Kier molecular flexibility index (Phi) is 5.25. The molecule has 1 aliphatic rings. The van der Waals surface area contributed by atoms with Crippen molar-refractivity contribution in [2.45, 2.75) is 32.2 Å². The van der Waals surface area contributed by atoms with Gasteiger partial charge in [0.1, 0.15) is 6.04 Å². The van der Waals surface area contributed by atoms with E-state index in [-0.39, 0.29) is 5.91 Å². The fraction of sp³-hybridized carbons (Fsp3) is 0.500. The predicted octanol–water partition coefficient (Wildman–Crippen LogP) is 1.78. The van der Waals surface area contributed by atoms with Gasteiger partial charge in [0.05, 0.1) is 11.5 Å². The lowest BCUT2D eigenvalue weighted by Gasteiger charge is -2.37. The first-order chi connectivity index (χ1) is 11.3. The third-order valence-corrected chi connectivity index (χ3v) is 4.59. The number of carboxylic acid groups (broad SMARTS) is 1. The monoisotopic (exact) mass is 329 g/mol. The van der Waals surface area contributed by atoms with Crippen molar-refractivity contribution in [1.29, 1.82) is 5.26 Å². The van der Waals surface area contributed by atoms with Crippen molar-refractivity contribution < 1.29 is 14.7 Å². The van der Waals surface area contributed by atoms with Gasteiger partial charge in [0.25, 0.3) is 0 Å². The Morgan fingerprint density at radius 2 is 1.71 bits per heavy atom. The Balaban J connectivity index is 2.19. The zero-order valence-corrected chi connectivity index (χ0v) is 14.3.